The molecule has 1 aromatic carbocycles. The van der Waals surface area contributed by atoms with Gasteiger partial charge in [-0.2, -0.15) is 0 Å². The van der Waals surface area contributed by atoms with E-state index in [2.05, 4.69) is 15.1 Å². The molecule has 2 aromatic rings. The van der Waals surface area contributed by atoms with Crippen LogP contribution in [0.4, 0.5) is 5.82 Å². The van der Waals surface area contributed by atoms with Crippen molar-refractivity contribution in [2.75, 3.05) is 33.9 Å². The molecule has 4 rings (SSSR count). The zero-order valence-electron chi connectivity index (χ0n) is 20.0. The zero-order chi connectivity index (χ0) is 24.8. The number of hydrazone groups is 1. The number of sulfonamides is 1. The standard InChI is InChI=1S/C21H30N7O5S/c1-6-10-28(30)13-26-14(3)27(29)24-20(26)18-21(28)23-19(22-18)16-12-15(34(31,32)25(4)5)8-9-17(16)33-11-7-2/h8-9,12,14H,6-7,10-11,13H2,1-5H3,(H,22,23)/q+1. The molecule has 0 bridgehead atoms. The maximum atomic E-state index is 13.9. The maximum Gasteiger partial charge on any atom is 0.314 e. The highest BCUT2D eigenvalue weighted by molar-refractivity contribution is 7.89. The minimum absolute atomic E-state index is 0.0233. The Balaban J connectivity index is 1.91. The molecule has 0 fully saturated rings. The molecule has 2 atom stereocenters. The number of imidazole rings is 1. The first-order valence-electron chi connectivity index (χ1n) is 11.2. The minimum Gasteiger partial charge on any atom is -0.625 e. The summed E-state index contributed by atoms with van der Waals surface area (Å²) in [6.07, 6.45) is 0.754. The minimum atomic E-state index is -3.72. The van der Waals surface area contributed by atoms with E-state index in [1.807, 2.05) is 13.8 Å². The molecule has 0 saturated heterocycles. The Labute approximate surface area is 198 Å². The molecule has 1 N–H and O–H groups in total. The quantitative estimate of drug-likeness (QED) is 0.340. The van der Waals surface area contributed by atoms with E-state index in [9.17, 15) is 18.5 Å². The number of rotatable bonds is 8. The van der Waals surface area contributed by atoms with Crippen LogP contribution >= 0.6 is 0 Å². The summed E-state index contributed by atoms with van der Waals surface area (Å²) in [7, 11) is -0.802. The highest BCUT2D eigenvalue weighted by Gasteiger charge is 2.51. The largest absolute Gasteiger partial charge is 0.625 e. The van der Waals surface area contributed by atoms with Crippen molar-refractivity contribution in [1.29, 1.82) is 0 Å². The van der Waals surface area contributed by atoms with Crippen molar-refractivity contribution in [1.82, 2.24) is 23.8 Å². The number of aromatic amines is 1. The third-order valence-corrected chi connectivity index (χ3v) is 7.76. The van der Waals surface area contributed by atoms with Crippen LogP contribution < -0.4 is 9.38 Å². The molecule has 0 saturated carbocycles. The predicted molar refractivity (Wildman–Crippen MR) is 127 cm³/mol. The fourth-order valence-corrected chi connectivity index (χ4v) is 5.03. The number of amidine groups is 1. The second kappa shape index (κ2) is 8.73. The molecule has 34 heavy (non-hydrogen) atoms. The van der Waals surface area contributed by atoms with Crippen LogP contribution in [-0.2, 0) is 10.0 Å². The van der Waals surface area contributed by atoms with E-state index in [4.69, 9.17) is 4.74 Å². The summed E-state index contributed by atoms with van der Waals surface area (Å²) in [5.41, 5.74) is 0.697. The topological polar surface area (TPSA) is 134 Å². The van der Waals surface area contributed by atoms with Gasteiger partial charge in [-0.25, -0.2) is 22.6 Å². The molecule has 1 aromatic heterocycles. The van der Waals surface area contributed by atoms with Gasteiger partial charge in [0.15, 0.2) is 17.2 Å². The van der Waals surface area contributed by atoms with Crippen LogP contribution in [0, 0.1) is 10.1 Å². The predicted octanol–water partition coefficient (Wildman–Crippen LogP) is 2.40. The third kappa shape index (κ3) is 3.87. The van der Waals surface area contributed by atoms with E-state index in [1.165, 1.54) is 26.2 Å². The molecule has 2 aliphatic heterocycles. The van der Waals surface area contributed by atoms with Crippen LogP contribution in [-0.4, -0.2) is 78.4 Å². The number of hydrogen-bond acceptors (Lipinski definition) is 7. The van der Waals surface area contributed by atoms with E-state index >= 15 is 0 Å². The van der Waals surface area contributed by atoms with Gasteiger partial charge in [0.25, 0.3) is 0 Å². The van der Waals surface area contributed by atoms with Crippen molar-refractivity contribution >= 4 is 21.7 Å². The van der Waals surface area contributed by atoms with Crippen molar-refractivity contribution in [2.45, 2.75) is 44.7 Å². The average Bonchev–Trinajstić information content (AvgIpc) is 3.35. The number of hydroxylamine groups is 2. The first kappa shape index (κ1) is 24.3. The number of fused-ring (bicyclic) bond motifs is 3. The molecule has 3 heterocycles. The summed E-state index contributed by atoms with van der Waals surface area (Å²) in [5.74, 6) is 1.34. The van der Waals surface area contributed by atoms with Gasteiger partial charge in [-0.05, 0) is 31.0 Å². The fraction of sp³-hybridized carbons (Fsp3) is 0.524. The molecule has 0 aliphatic carbocycles. The number of aromatic nitrogens is 2. The van der Waals surface area contributed by atoms with Crippen LogP contribution in [0.3, 0.4) is 0 Å². The second-order valence-corrected chi connectivity index (χ2v) is 10.8. The van der Waals surface area contributed by atoms with E-state index in [-0.39, 0.29) is 35.4 Å². The van der Waals surface area contributed by atoms with E-state index in [0.29, 0.717) is 35.0 Å². The summed E-state index contributed by atoms with van der Waals surface area (Å²) in [5, 5.41) is 17.9. The average molecular weight is 493 g/mol. The van der Waals surface area contributed by atoms with Crippen LogP contribution in [0.25, 0.3) is 11.4 Å². The maximum absolute atomic E-state index is 13.9. The molecule has 0 radical (unpaired) electrons. The molecule has 12 nitrogen and oxygen atoms in total. The molecule has 2 aliphatic rings. The summed E-state index contributed by atoms with van der Waals surface area (Å²) in [6.45, 7) is 6.29. The van der Waals surface area contributed by atoms with Crippen molar-refractivity contribution in [2.24, 2.45) is 5.10 Å². The molecule has 13 heteroatoms. The van der Waals surface area contributed by atoms with Crippen LogP contribution in [0.15, 0.2) is 28.2 Å². The molecular weight excluding hydrogens is 462 g/mol. The highest BCUT2D eigenvalue weighted by Crippen LogP contribution is 2.39. The lowest BCUT2D eigenvalue weighted by Gasteiger charge is -2.45. The number of nitrogens with zero attached hydrogens (tertiary/aromatic N) is 6. The summed E-state index contributed by atoms with van der Waals surface area (Å²) in [4.78, 5) is 22.3. The zero-order valence-corrected chi connectivity index (χ0v) is 20.8. The van der Waals surface area contributed by atoms with Gasteiger partial charge in [0, 0.05) is 21.0 Å². The Morgan fingerprint density at radius 2 is 2.06 bits per heavy atom. The lowest BCUT2D eigenvalue weighted by molar-refractivity contribution is -0.593. The number of ether oxygens (including phenoxy) is 1. The SMILES string of the molecule is CCCOc1ccc(S(=O)(=O)N(C)C)cc1-c1nc2c([nH]1)[N+]([O-])(CCC)CN1C2=N[N+](=O)C1C. The molecule has 0 spiro atoms. The summed E-state index contributed by atoms with van der Waals surface area (Å²) < 4.78 is 31.8. The van der Waals surface area contributed by atoms with Crippen molar-refractivity contribution < 1.29 is 18.0 Å². The van der Waals surface area contributed by atoms with Crippen LogP contribution in [0.5, 0.6) is 5.75 Å². The van der Waals surface area contributed by atoms with Gasteiger partial charge in [0.2, 0.25) is 21.7 Å². The van der Waals surface area contributed by atoms with Crippen molar-refractivity contribution in [3.8, 4) is 17.1 Å². The van der Waals surface area contributed by atoms with Gasteiger partial charge in [0.1, 0.15) is 11.6 Å². The first-order valence-corrected chi connectivity index (χ1v) is 12.7. The number of hydrogen-bond donors (Lipinski definition) is 1. The van der Waals surface area contributed by atoms with Crippen LogP contribution in [0.2, 0.25) is 0 Å². The van der Waals surface area contributed by atoms with Gasteiger partial charge in [-0.3, -0.25) is 9.63 Å². The molecule has 2 unspecified atom stereocenters. The number of nitrogens with one attached hydrogen (secondary N) is 1. The number of quaternary nitrogens is 1. The summed E-state index contributed by atoms with van der Waals surface area (Å²) in [6, 6.07) is 4.56. The van der Waals surface area contributed by atoms with Gasteiger partial charge in [-0.1, -0.05) is 13.8 Å². The third-order valence-electron chi connectivity index (χ3n) is 5.95. The van der Waals surface area contributed by atoms with Gasteiger partial charge >= 0.3 is 6.17 Å². The van der Waals surface area contributed by atoms with E-state index in [0.717, 1.165) is 10.7 Å². The number of nitroso groups, excluding NO2 is 1. The second-order valence-electron chi connectivity index (χ2n) is 8.66. The van der Waals surface area contributed by atoms with Gasteiger partial charge in [0.05, 0.1) is 33.6 Å². The lowest BCUT2D eigenvalue weighted by Crippen LogP contribution is -2.58. The lowest BCUT2D eigenvalue weighted by atomic mass is 10.2. The number of H-pyrrole nitrogens is 1. The highest BCUT2D eigenvalue weighted by atomic mass is 32.2. The van der Waals surface area contributed by atoms with Gasteiger partial charge in [-0.15, -0.1) is 0 Å². The Bertz CT molecular complexity index is 1260. The molecule has 184 valence electrons. The Hall–Kier alpha value is -2.87. The monoisotopic (exact) mass is 492 g/mol. The Morgan fingerprint density at radius 1 is 1.32 bits per heavy atom. The smallest absolute Gasteiger partial charge is 0.314 e. The Kier molecular flexibility index (Phi) is 6.23. The fourth-order valence-electron chi connectivity index (χ4n) is 4.11. The molecular formula is C21H30N7O5S+. The normalized spacial score (nSPS) is 22.1. The van der Waals surface area contributed by atoms with E-state index in [1.54, 1.807) is 17.9 Å². The Morgan fingerprint density at radius 3 is 2.71 bits per heavy atom. The van der Waals surface area contributed by atoms with Crippen LogP contribution in [0.1, 0.15) is 39.3 Å². The van der Waals surface area contributed by atoms with E-state index < -0.39 is 20.8 Å². The first-order chi connectivity index (χ1) is 16.0. The number of benzene rings is 1. The van der Waals surface area contributed by atoms with Gasteiger partial charge < -0.3 is 9.94 Å². The van der Waals surface area contributed by atoms with Crippen molar-refractivity contribution in [3.05, 3.63) is 34.0 Å². The van der Waals surface area contributed by atoms with Crippen molar-refractivity contribution in [3.63, 3.8) is 0 Å². The summed E-state index contributed by atoms with van der Waals surface area (Å²) >= 11 is 0. The molecule has 0 amide bonds.